The molecule has 1 heterocycles. The van der Waals surface area contributed by atoms with Gasteiger partial charge in [-0.3, -0.25) is 9.36 Å². The van der Waals surface area contributed by atoms with Crippen molar-refractivity contribution in [2.24, 2.45) is 0 Å². The first-order valence-electron chi connectivity index (χ1n) is 7.00. The van der Waals surface area contributed by atoms with Crippen LogP contribution in [0, 0.1) is 13.8 Å². The summed E-state index contributed by atoms with van der Waals surface area (Å²) in [5, 5.41) is 0. The van der Waals surface area contributed by atoms with E-state index >= 15 is 0 Å². The van der Waals surface area contributed by atoms with Crippen molar-refractivity contribution in [2.45, 2.75) is 13.8 Å². The van der Waals surface area contributed by atoms with Crippen molar-refractivity contribution in [3.63, 3.8) is 0 Å². The molecule has 0 atom stereocenters. The van der Waals surface area contributed by atoms with Gasteiger partial charge in [0.2, 0.25) is 0 Å². The summed E-state index contributed by atoms with van der Waals surface area (Å²) >= 11 is 0. The molecule has 21 heavy (non-hydrogen) atoms. The highest BCUT2D eigenvalue weighted by atomic mass is 16.1. The van der Waals surface area contributed by atoms with Crippen molar-refractivity contribution in [1.29, 1.82) is 0 Å². The molecule has 0 aliphatic carbocycles. The second-order valence-corrected chi connectivity index (χ2v) is 5.33. The van der Waals surface area contributed by atoms with E-state index in [1.807, 2.05) is 49.5 Å². The van der Waals surface area contributed by atoms with Crippen LogP contribution in [-0.2, 0) is 0 Å². The maximum atomic E-state index is 12.1. The van der Waals surface area contributed by atoms with E-state index in [0.29, 0.717) is 0 Å². The summed E-state index contributed by atoms with van der Waals surface area (Å²) < 4.78 is 1.70. The second kappa shape index (κ2) is 5.41. The molecule has 1 aromatic heterocycles. The van der Waals surface area contributed by atoms with Crippen molar-refractivity contribution < 1.29 is 0 Å². The van der Waals surface area contributed by atoms with Gasteiger partial charge in [0, 0.05) is 18.0 Å². The molecule has 0 fully saturated rings. The average molecular weight is 275 g/mol. The first-order valence-corrected chi connectivity index (χ1v) is 7.00. The van der Waals surface area contributed by atoms with Crippen LogP contribution in [0.15, 0.2) is 71.7 Å². The van der Waals surface area contributed by atoms with Gasteiger partial charge < -0.3 is 0 Å². The fraction of sp³-hybridized carbons (Fsp3) is 0.105. The first kappa shape index (κ1) is 13.4. The zero-order valence-corrected chi connectivity index (χ0v) is 12.2. The maximum Gasteiger partial charge on any atom is 0.255 e. The number of pyridine rings is 1. The van der Waals surface area contributed by atoms with Crippen LogP contribution < -0.4 is 5.56 Å². The van der Waals surface area contributed by atoms with Gasteiger partial charge in [0.15, 0.2) is 0 Å². The second-order valence-electron chi connectivity index (χ2n) is 5.33. The molecule has 0 N–H and O–H groups in total. The minimum absolute atomic E-state index is 0.0167. The fourth-order valence-electron chi connectivity index (χ4n) is 2.46. The molecule has 3 aromatic rings. The molecule has 2 heteroatoms. The van der Waals surface area contributed by atoms with Crippen LogP contribution in [0.25, 0.3) is 16.8 Å². The standard InChI is InChI=1S/C19H17NO/c1-14-5-3-7-16(11-14)17-9-10-19(21)20(13-17)18-8-4-6-15(2)12-18/h3-13H,1-2H3. The molecule has 0 amide bonds. The van der Waals surface area contributed by atoms with Crippen LogP contribution >= 0.6 is 0 Å². The monoisotopic (exact) mass is 275 g/mol. The van der Waals surface area contributed by atoms with Crippen molar-refractivity contribution in [3.8, 4) is 16.8 Å². The highest BCUT2D eigenvalue weighted by Crippen LogP contribution is 2.20. The lowest BCUT2D eigenvalue weighted by Gasteiger charge is -2.09. The van der Waals surface area contributed by atoms with Crippen LogP contribution in [0.1, 0.15) is 11.1 Å². The molecule has 0 aliphatic rings. The zero-order valence-electron chi connectivity index (χ0n) is 12.2. The molecule has 0 saturated heterocycles. The summed E-state index contributed by atoms with van der Waals surface area (Å²) in [7, 11) is 0. The highest BCUT2D eigenvalue weighted by molar-refractivity contribution is 5.63. The summed E-state index contributed by atoms with van der Waals surface area (Å²) in [4.78, 5) is 12.1. The minimum atomic E-state index is -0.0167. The molecule has 0 bridgehead atoms. The number of benzene rings is 2. The summed E-state index contributed by atoms with van der Waals surface area (Å²) in [6.07, 6.45) is 1.91. The van der Waals surface area contributed by atoms with Crippen LogP contribution in [0.3, 0.4) is 0 Å². The average Bonchev–Trinajstić information content (AvgIpc) is 2.47. The molecule has 2 aromatic carbocycles. The topological polar surface area (TPSA) is 22.0 Å². The lowest BCUT2D eigenvalue weighted by atomic mass is 10.1. The zero-order chi connectivity index (χ0) is 14.8. The highest BCUT2D eigenvalue weighted by Gasteiger charge is 2.04. The Kier molecular flexibility index (Phi) is 3.44. The number of hydrogen-bond acceptors (Lipinski definition) is 1. The number of nitrogens with zero attached hydrogens (tertiary/aromatic N) is 1. The largest absolute Gasteiger partial charge is 0.284 e. The molecule has 2 nitrogen and oxygen atoms in total. The van der Waals surface area contributed by atoms with E-state index in [2.05, 4.69) is 25.1 Å². The Labute approximate surface area is 124 Å². The van der Waals surface area contributed by atoms with Gasteiger partial charge in [-0.05, 0) is 48.7 Å². The van der Waals surface area contributed by atoms with E-state index in [9.17, 15) is 4.79 Å². The Morgan fingerprint density at radius 2 is 1.48 bits per heavy atom. The molecule has 0 spiro atoms. The van der Waals surface area contributed by atoms with E-state index in [0.717, 1.165) is 22.4 Å². The number of aromatic nitrogens is 1. The van der Waals surface area contributed by atoms with Gasteiger partial charge in [-0.1, -0.05) is 42.0 Å². The lowest BCUT2D eigenvalue weighted by Crippen LogP contribution is -2.16. The van der Waals surface area contributed by atoms with Crippen LogP contribution in [0.5, 0.6) is 0 Å². The predicted octanol–water partition coefficient (Wildman–Crippen LogP) is 4.12. The minimum Gasteiger partial charge on any atom is -0.284 e. The Bertz CT molecular complexity index is 846. The van der Waals surface area contributed by atoms with Gasteiger partial charge >= 0.3 is 0 Å². The van der Waals surface area contributed by atoms with E-state index in [4.69, 9.17) is 0 Å². The Morgan fingerprint density at radius 3 is 2.19 bits per heavy atom. The van der Waals surface area contributed by atoms with E-state index in [-0.39, 0.29) is 5.56 Å². The van der Waals surface area contributed by atoms with Crippen molar-refractivity contribution in [1.82, 2.24) is 4.57 Å². The van der Waals surface area contributed by atoms with Crippen molar-refractivity contribution in [2.75, 3.05) is 0 Å². The smallest absolute Gasteiger partial charge is 0.255 e. The molecular weight excluding hydrogens is 258 g/mol. The number of hydrogen-bond donors (Lipinski definition) is 0. The number of rotatable bonds is 2. The molecule has 0 unspecified atom stereocenters. The normalized spacial score (nSPS) is 10.6. The van der Waals surface area contributed by atoms with Gasteiger partial charge in [0.05, 0.1) is 0 Å². The van der Waals surface area contributed by atoms with Crippen LogP contribution in [-0.4, -0.2) is 4.57 Å². The molecule has 0 radical (unpaired) electrons. The van der Waals surface area contributed by atoms with Gasteiger partial charge in [0.1, 0.15) is 0 Å². The van der Waals surface area contributed by atoms with E-state index in [1.165, 1.54) is 5.56 Å². The first-order chi connectivity index (χ1) is 10.1. The van der Waals surface area contributed by atoms with Crippen LogP contribution in [0.4, 0.5) is 0 Å². The molecule has 0 aliphatic heterocycles. The summed E-state index contributed by atoms with van der Waals surface area (Å²) in [6.45, 7) is 4.10. The molecular formula is C19H17NO. The molecule has 104 valence electrons. The molecule has 3 rings (SSSR count). The van der Waals surface area contributed by atoms with Gasteiger partial charge in [-0.15, -0.1) is 0 Å². The van der Waals surface area contributed by atoms with Gasteiger partial charge in [-0.2, -0.15) is 0 Å². The predicted molar refractivity (Wildman–Crippen MR) is 86.9 cm³/mol. The summed E-state index contributed by atoms with van der Waals surface area (Å²) in [6, 6.07) is 19.8. The maximum absolute atomic E-state index is 12.1. The third kappa shape index (κ3) is 2.79. The van der Waals surface area contributed by atoms with Crippen LogP contribution in [0.2, 0.25) is 0 Å². The lowest BCUT2D eigenvalue weighted by molar-refractivity contribution is 0.990. The summed E-state index contributed by atoms with van der Waals surface area (Å²) in [5.74, 6) is 0. The quantitative estimate of drug-likeness (QED) is 0.689. The number of aryl methyl sites for hydroxylation is 2. The Morgan fingerprint density at radius 1 is 0.762 bits per heavy atom. The Hall–Kier alpha value is -2.61. The van der Waals surface area contributed by atoms with Crippen molar-refractivity contribution in [3.05, 3.63) is 88.3 Å². The SMILES string of the molecule is Cc1cccc(-c2ccc(=O)n(-c3cccc(C)c3)c2)c1. The third-order valence-corrected chi connectivity index (χ3v) is 3.54. The summed E-state index contributed by atoms with van der Waals surface area (Å²) in [5.41, 5.74) is 5.39. The van der Waals surface area contributed by atoms with E-state index < -0.39 is 0 Å². The fourth-order valence-corrected chi connectivity index (χ4v) is 2.46. The van der Waals surface area contributed by atoms with Gasteiger partial charge in [0.25, 0.3) is 5.56 Å². The third-order valence-electron chi connectivity index (χ3n) is 3.54. The van der Waals surface area contributed by atoms with E-state index in [1.54, 1.807) is 10.6 Å². The van der Waals surface area contributed by atoms with Crippen molar-refractivity contribution >= 4 is 0 Å². The Balaban J connectivity index is 2.15. The van der Waals surface area contributed by atoms with Gasteiger partial charge in [-0.25, -0.2) is 0 Å². The molecule has 0 saturated carbocycles.